The van der Waals surface area contributed by atoms with E-state index < -0.39 is 5.54 Å². The minimum absolute atomic E-state index is 0.208. The second-order valence-electron chi connectivity index (χ2n) is 5.18. The summed E-state index contributed by atoms with van der Waals surface area (Å²) in [7, 11) is 3.68. The number of hydrogen-bond acceptors (Lipinski definition) is 8. The largest absolute Gasteiger partial charge is 0.394 e. The van der Waals surface area contributed by atoms with Crippen LogP contribution in [0.1, 0.15) is 26.7 Å². The van der Waals surface area contributed by atoms with Crippen LogP contribution in [0.25, 0.3) is 0 Å². The minimum Gasteiger partial charge on any atom is -0.394 e. The van der Waals surface area contributed by atoms with Gasteiger partial charge in [-0.05, 0) is 12.8 Å². The first-order valence-electron chi connectivity index (χ1n) is 7.17. The summed E-state index contributed by atoms with van der Waals surface area (Å²) in [4.78, 5) is 14.7. The minimum atomic E-state index is -0.840. The molecular weight excluding hydrogens is 272 g/mol. The van der Waals surface area contributed by atoms with E-state index in [-0.39, 0.29) is 13.2 Å². The molecule has 0 saturated carbocycles. The Kier molecular flexibility index (Phi) is 6.57. The van der Waals surface area contributed by atoms with Crippen molar-refractivity contribution in [3.63, 3.8) is 0 Å². The van der Waals surface area contributed by atoms with Crippen molar-refractivity contribution in [2.24, 2.45) is 0 Å². The molecule has 0 aromatic carbocycles. The lowest BCUT2D eigenvalue weighted by Gasteiger charge is -2.30. The smallest absolute Gasteiger partial charge is 0.231 e. The Balaban J connectivity index is 3.06. The predicted molar refractivity (Wildman–Crippen MR) is 83.8 cm³/mol. The number of nitrogens with zero attached hydrogens (tertiary/aromatic N) is 4. The van der Waals surface area contributed by atoms with Gasteiger partial charge < -0.3 is 25.7 Å². The van der Waals surface area contributed by atoms with Crippen molar-refractivity contribution in [3.8, 4) is 0 Å². The van der Waals surface area contributed by atoms with Crippen LogP contribution in [0.2, 0.25) is 0 Å². The van der Waals surface area contributed by atoms with Crippen molar-refractivity contribution in [2.75, 3.05) is 49.4 Å². The fraction of sp³-hybridized carbons (Fsp3) is 0.769. The molecule has 0 aliphatic carbocycles. The predicted octanol–water partition coefficient (Wildman–Crippen LogP) is 0.305. The van der Waals surface area contributed by atoms with Crippen molar-refractivity contribution in [1.82, 2.24) is 15.0 Å². The van der Waals surface area contributed by atoms with Gasteiger partial charge in [-0.25, -0.2) is 0 Å². The number of nitrogens with one attached hydrogen (secondary N) is 2. The van der Waals surface area contributed by atoms with Gasteiger partial charge in [0.05, 0.1) is 18.8 Å². The molecule has 1 aromatic rings. The molecule has 120 valence electrons. The Hall–Kier alpha value is -1.67. The van der Waals surface area contributed by atoms with Gasteiger partial charge in [0.2, 0.25) is 17.8 Å². The van der Waals surface area contributed by atoms with Crippen LogP contribution < -0.4 is 15.5 Å². The number of aliphatic hydroxyl groups is 2. The van der Waals surface area contributed by atoms with Crippen LogP contribution in [-0.4, -0.2) is 64.6 Å². The Labute approximate surface area is 125 Å². The highest BCUT2D eigenvalue weighted by Crippen LogP contribution is 2.18. The lowest BCUT2D eigenvalue weighted by molar-refractivity contribution is 0.132. The molecule has 0 aliphatic rings. The number of anilines is 3. The summed E-state index contributed by atoms with van der Waals surface area (Å²) in [5.74, 6) is 1.31. The first-order chi connectivity index (χ1) is 10.00. The highest BCUT2D eigenvalue weighted by molar-refractivity contribution is 5.44. The summed E-state index contributed by atoms with van der Waals surface area (Å²) in [5.41, 5.74) is -0.840. The van der Waals surface area contributed by atoms with Crippen LogP contribution >= 0.6 is 0 Å². The molecule has 0 spiro atoms. The lowest BCUT2D eigenvalue weighted by atomic mass is 9.99. The first-order valence-corrected chi connectivity index (χ1v) is 7.17. The third-order valence-electron chi connectivity index (χ3n) is 3.22. The van der Waals surface area contributed by atoms with Gasteiger partial charge in [-0.15, -0.1) is 0 Å². The fourth-order valence-electron chi connectivity index (χ4n) is 1.61. The van der Waals surface area contributed by atoms with Crippen molar-refractivity contribution in [1.29, 1.82) is 0 Å². The standard InChI is InChI=1S/C13H26N6O2/c1-5-7-14-10-15-11(17-12(16-10)19(3)4)18-13(6-2,8-20)9-21/h20-21H,5-9H2,1-4H3,(H2,14,15,16,17,18). The van der Waals surface area contributed by atoms with E-state index in [4.69, 9.17) is 0 Å². The summed E-state index contributed by atoms with van der Waals surface area (Å²) in [6.07, 6.45) is 1.50. The molecule has 8 nitrogen and oxygen atoms in total. The summed E-state index contributed by atoms with van der Waals surface area (Å²) in [5, 5.41) is 25.2. The molecule has 1 aromatic heterocycles. The van der Waals surface area contributed by atoms with Gasteiger partial charge in [0.15, 0.2) is 0 Å². The summed E-state index contributed by atoms with van der Waals surface area (Å²) in [6.45, 7) is 4.28. The molecule has 8 heteroatoms. The molecule has 0 bridgehead atoms. The molecule has 0 amide bonds. The quantitative estimate of drug-likeness (QED) is 0.516. The van der Waals surface area contributed by atoms with E-state index >= 15 is 0 Å². The number of rotatable bonds is 9. The monoisotopic (exact) mass is 298 g/mol. The Bertz CT molecular complexity index is 428. The molecule has 4 N–H and O–H groups in total. The normalized spacial score (nSPS) is 11.3. The van der Waals surface area contributed by atoms with E-state index in [1.807, 2.05) is 21.0 Å². The number of aromatic nitrogens is 3. The Morgan fingerprint density at radius 1 is 1.05 bits per heavy atom. The summed E-state index contributed by atoms with van der Waals surface area (Å²) >= 11 is 0. The molecule has 1 rings (SSSR count). The van der Waals surface area contributed by atoms with Gasteiger partial charge in [0, 0.05) is 20.6 Å². The molecule has 0 unspecified atom stereocenters. The Morgan fingerprint density at radius 3 is 2.14 bits per heavy atom. The van der Waals surface area contributed by atoms with Crippen molar-refractivity contribution in [2.45, 2.75) is 32.2 Å². The topological polar surface area (TPSA) is 106 Å². The van der Waals surface area contributed by atoms with Crippen molar-refractivity contribution < 1.29 is 10.2 Å². The fourth-order valence-corrected chi connectivity index (χ4v) is 1.61. The molecule has 0 atom stereocenters. The second kappa shape index (κ2) is 7.94. The molecule has 21 heavy (non-hydrogen) atoms. The van der Waals surface area contributed by atoms with Gasteiger partial charge in [-0.2, -0.15) is 15.0 Å². The summed E-state index contributed by atoms with van der Waals surface area (Å²) in [6, 6.07) is 0. The zero-order chi connectivity index (χ0) is 15.9. The van der Waals surface area contributed by atoms with Gasteiger partial charge >= 0.3 is 0 Å². The third-order valence-corrected chi connectivity index (χ3v) is 3.22. The maximum Gasteiger partial charge on any atom is 0.231 e. The highest BCUT2D eigenvalue weighted by atomic mass is 16.3. The van der Waals surface area contributed by atoms with Gasteiger partial charge in [-0.1, -0.05) is 13.8 Å². The van der Waals surface area contributed by atoms with Crippen LogP contribution in [0.15, 0.2) is 0 Å². The SMILES string of the molecule is CCCNc1nc(NC(CC)(CO)CO)nc(N(C)C)n1. The van der Waals surface area contributed by atoms with Crippen LogP contribution in [0.3, 0.4) is 0 Å². The maximum atomic E-state index is 9.51. The van der Waals surface area contributed by atoms with Crippen molar-refractivity contribution in [3.05, 3.63) is 0 Å². The van der Waals surface area contributed by atoms with Crippen molar-refractivity contribution >= 4 is 17.8 Å². The molecular formula is C13H26N6O2. The van der Waals surface area contributed by atoms with Gasteiger partial charge in [0.25, 0.3) is 0 Å². The van der Waals surface area contributed by atoms with E-state index in [1.54, 1.807) is 4.90 Å². The van der Waals surface area contributed by atoms with Crippen LogP contribution in [-0.2, 0) is 0 Å². The molecule has 0 fully saturated rings. The van der Waals surface area contributed by atoms with Crippen LogP contribution in [0, 0.1) is 0 Å². The average Bonchev–Trinajstić information content (AvgIpc) is 2.50. The highest BCUT2D eigenvalue weighted by Gasteiger charge is 2.28. The number of hydrogen-bond donors (Lipinski definition) is 4. The first kappa shape index (κ1) is 17.4. The molecule has 0 saturated heterocycles. The van der Waals surface area contributed by atoms with Crippen LogP contribution in [0.4, 0.5) is 17.8 Å². The maximum absolute atomic E-state index is 9.51. The lowest BCUT2D eigenvalue weighted by Crippen LogP contribution is -2.45. The van der Waals surface area contributed by atoms with E-state index in [0.717, 1.165) is 13.0 Å². The van der Waals surface area contributed by atoms with E-state index in [9.17, 15) is 10.2 Å². The van der Waals surface area contributed by atoms with Crippen LogP contribution in [0.5, 0.6) is 0 Å². The van der Waals surface area contributed by atoms with Gasteiger partial charge in [-0.3, -0.25) is 0 Å². The second-order valence-corrected chi connectivity index (χ2v) is 5.18. The van der Waals surface area contributed by atoms with E-state index in [0.29, 0.717) is 24.3 Å². The van der Waals surface area contributed by atoms with Gasteiger partial charge in [0.1, 0.15) is 0 Å². The zero-order valence-electron chi connectivity index (χ0n) is 13.2. The molecule has 0 aliphatic heterocycles. The summed E-state index contributed by atoms with van der Waals surface area (Å²) < 4.78 is 0. The Morgan fingerprint density at radius 2 is 1.67 bits per heavy atom. The molecule has 0 radical (unpaired) electrons. The zero-order valence-corrected chi connectivity index (χ0v) is 13.2. The molecule has 1 heterocycles. The van der Waals surface area contributed by atoms with E-state index in [1.165, 1.54) is 0 Å². The van der Waals surface area contributed by atoms with E-state index in [2.05, 4.69) is 32.5 Å². The number of aliphatic hydroxyl groups excluding tert-OH is 2. The third kappa shape index (κ3) is 4.68. The average molecular weight is 298 g/mol.